The van der Waals surface area contributed by atoms with Crippen LogP contribution in [0.2, 0.25) is 0 Å². The summed E-state index contributed by atoms with van der Waals surface area (Å²) < 4.78 is 0. The predicted molar refractivity (Wildman–Crippen MR) is 73.5 cm³/mol. The predicted octanol–water partition coefficient (Wildman–Crippen LogP) is 0.113. The molecule has 0 radical (unpaired) electrons. The van der Waals surface area contributed by atoms with E-state index in [0.717, 1.165) is 19.3 Å². The molecule has 0 bridgehead atoms. The maximum Gasteiger partial charge on any atom is 0.242 e. The van der Waals surface area contributed by atoms with Crippen LogP contribution in [0.1, 0.15) is 38.5 Å². The van der Waals surface area contributed by atoms with Gasteiger partial charge in [0.2, 0.25) is 17.7 Å². The number of primary amides is 1. The molecule has 3 amide bonds. The number of nitrogens with zero attached hydrogens (tertiary/aromatic N) is 2. The van der Waals surface area contributed by atoms with Gasteiger partial charge in [0, 0.05) is 32.0 Å². The molecule has 2 heterocycles. The lowest BCUT2D eigenvalue weighted by Gasteiger charge is -2.32. The van der Waals surface area contributed by atoms with E-state index in [1.54, 1.807) is 9.80 Å². The van der Waals surface area contributed by atoms with Gasteiger partial charge in [0.25, 0.3) is 0 Å². The van der Waals surface area contributed by atoms with E-state index in [0.29, 0.717) is 38.9 Å². The fourth-order valence-electron chi connectivity index (χ4n) is 2.88. The third-order valence-electron chi connectivity index (χ3n) is 4.25. The second kappa shape index (κ2) is 6.72. The topological polar surface area (TPSA) is 83.7 Å². The molecule has 2 aliphatic heterocycles. The molecule has 2 rings (SSSR count). The van der Waals surface area contributed by atoms with Crippen LogP contribution in [-0.4, -0.2) is 53.7 Å². The number of amides is 3. The second-order valence-corrected chi connectivity index (χ2v) is 5.68. The third kappa shape index (κ3) is 3.71. The van der Waals surface area contributed by atoms with E-state index in [4.69, 9.17) is 5.73 Å². The minimum atomic E-state index is -0.278. The maximum atomic E-state index is 12.2. The van der Waals surface area contributed by atoms with Crippen molar-refractivity contribution in [1.29, 1.82) is 0 Å². The first-order valence-corrected chi connectivity index (χ1v) is 7.43. The zero-order valence-corrected chi connectivity index (χ0v) is 11.8. The first-order valence-electron chi connectivity index (χ1n) is 7.43. The van der Waals surface area contributed by atoms with Gasteiger partial charge in [-0.05, 0) is 25.7 Å². The van der Waals surface area contributed by atoms with Crippen LogP contribution in [0.5, 0.6) is 0 Å². The summed E-state index contributed by atoms with van der Waals surface area (Å²) in [5, 5.41) is 0. The number of rotatable bonds is 3. The summed E-state index contributed by atoms with van der Waals surface area (Å²) in [6.45, 7) is 1.99. The molecule has 0 aromatic carbocycles. The highest BCUT2D eigenvalue weighted by Crippen LogP contribution is 2.17. The van der Waals surface area contributed by atoms with Gasteiger partial charge >= 0.3 is 0 Å². The van der Waals surface area contributed by atoms with Gasteiger partial charge in [0.15, 0.2) is 0 Å². The van der Waals surface area contributed by atoms with Gasteiger partial charge in [-0.15, -0.1) is 0 Å². The molecule has 0 aromatic rings. The molecule has 2 fully saturated rings. The monoisotopic (exact) mass is 281 g/mol. The normalized spacial score (nSPS) is 21.7. The maximum absolute atomic E-state index is 12.2. The van der Waals surface area contributed by atoms with Gasteiger partial charge in [-0.1, -0.05) is 6.42 Å². The molecule has 0 aromatic heterocycles. The Labute approximate surface area is 119 Å². The molecule has 0 unspecified atom stereocenters. The molecule has 0 aliphatic carbocycles. The van der Waals surface area contributed by atoms with Crippen LogP contribution in [0.25, 0.3) is 0 Å². The molecular weight excluding hydrogens is 258 g/mol. The molecule has 2 N–H and O–H groups in total. The van der Waals surface area contributed by atoms with Gasteiger partial charge in [-0.2, -0.15) is 0 Å². The SMILES string of the molecule is NC(=O)C1CCN(C(=O)CN2CCCCCC2=O)CC1. The highest BCUT2D eigenvalue weighted by Gasteiger charge is 2.27. The van der Waals surface area contributed by atoms with E-state index < -0.39 is 0 Å². The minimum absolute atomic E-state index is 0.0110. The Balaban J connectivity index is 1.83. The molecular formula is C14H23N3O3. The Morgan fingerprint density at radius 2 is 1.80 bits per heavy atom. The highest BCUT2D eigenvalue weighted by atomic mass is 16.2. The van der Waals surface area contributed by atoms with Crippen molar-refractivity contribution in [2.24, 2.45) is 11.7 Å². The van der Waals surface area contributed by atoms with Crippen molar-refractivity contribution in [2.75, 3.05) is 26.2 Å². The van der Waals surface area contributed by atoms with Crippen molar-refractivity contribution in [1.82, 2.24) is 9.80 Å². The average molecular weight is 281 g/mol. The largest absolute Gasteiger partial charge is 0.369 e. The van der Waals surface area contributed by atoms with Crippen molar-refractivity contribution in [3.05, 3.63) is 0 Å². The number of hydrogen-bond acceptors (Lipinski definition) is 3. The van der Waals surface area contributed by atoms with Crippen LogP contribution in [0.3, 0.4) is 0 Å². The average Bonchev–Trinajstić information content (AvgIpc) is 2.64. The quantitative estimate of drug-likeness (QED) is 0.797. The molecule has 0 atom stereocenters. The van der Waals surface area contributed by atoms with Crippen molar-refractivity contribution in [2.45, 2.75) is 38.5 Å². The Bertz CT molecular complexity index is 389. The summed E-state index contributed by atoms with van der Waals surface area (Å²) in [5.41, 5.74) is 5.28. The lowest BCUT2D eigenvalue weighted by Crippen LogP contribution is -2.47. The van der Waals surface area contributed by atoms with Crippen LogP contribution in [0, 0.1) is 5.92 Å². The summed E-state index contributed by atoms with van der Waals surface area (Å²) in [5.74, 6) is -0.315. The molecule has 20 heavy (non-hydrogen) atoms. The Morgan fingerprint density at radius 1 is 1.10 bits per heavy atom. The van der Waals surface area contributed by atoms with Crippen LogP contribution in [-0.2, 0) is 14.4 Å². The Morgan fingerprint density at radius 3 is 2.45 bits per heavy atom. The van der Waals surface area contributed by atoms with Crippen molar-refractivity contribution in [3.8, 4) is 0 Å². The van der Waals surface area contributed by atoms with Gasteiger partial charge in [0.05, 0.1) is 6.54 Å². The summed E-state index contributed by atoms with van der Waals surface area (Å²) >= 11 is 0. The van der Waals surface area contributed by atoms with Crippen molar-refractivity contribution < 1.29 is 14.4 Å². The Kier molecular flexibility index (Phi) is 4.98. The van der Waals surface area contributed by atoms with E-state index in [1.807, 2.05) is 0 Å². The van der Waals surface area contributed by atoms with Gasteiger partial charge in [-0.25, -0.2) is 0 Å². The van der Waals surface area contributed by atoms with E-state index >= 15 is 0 Å². The first-order chi connectivity index (χ1) is 9.58. The number of carbonyl (C=O) groups excluding carboxylic acids is 3. The van der Waals surface area contributed by atoms with E-state index in [1.165, 1.54) is 0 Å². The van der Waals surface area contributed by atoms with Crippen molar-refractivity contribution in [3.63, 3.8) is 0 Å². The van der Waals surface area contributed by atoms with Crippen molar-refractivity contribution >= 4 is 17.7 Å². The number of hydrogen-bond donors (Lipinski definition) is 1. The van der Waals surface area contributed by atoms with Gasteiger partial charge in [0.1, 0.15) is 0 Å². The number of likely N-dealkylation sites (tertiary alicyclic amines) is 2. The summed E-state index contributed by atoms with van der Waals surface area (Å²) in [4.78, 5) is 38.6. The molecule has 2 aliphatic rings. The van der Waals surface area contributed by atoms with E-state index in [9.17, 15) is 14.4 Å². The zero-order valence-electron chi connectivity index (χ0n) is 11.8. The highest BCUT2D eigenvalue weighted by molar-refractivity contribution is 5.85. The fraction of sp³-hybridized carbons (Fsp3) is 0.786. The number of piperidine rings is 1. The van der Waals surface area contributed by atoms with Gasteiger partial charge in [-0.3, -0.25) is 14.4 Å². The molecule has 0 saturated carbocycles. The van der Waals surface area contributed by atoms with E-state index in [2.05, 4.69) is 0 Å². The molecule has 2 saturated heterocycles. The van der Waals surface area contributed by atoms with E-state index in [-0.39, 0.29) is 30.2 Å². The standard InChI is InChI=1S/C14H23N3O3/c15-14(20)11-5-8-16(9-6-11)13(19)10-17-7-3-1-2-4-12(17)18/h11H,1-10H2,(H2,15,20). The second-order valence-electron chi connectivity index (χ2n) is 5.68. The lowest BCUT2D eigenvalue weighted by molar-refractivity contribution is -0.141. The number of carbonyl (C=O) groups is 3. The summed E-state index contributed by atoms with van der Waals surface area (Å²) in [6, 6.07) is 0. The minimum Gasteiger partial charge on any atom is -0.369 e. The first kappa shape index (κ1) is 14.8. The van der Waals surface area contributed by atoms with Crippen LogP contribution in [0.15, 0.2) is 0 Å². The molecule has 6 heteroatoms. The van der Waals surface area contributed by atoms with Crippen LogP contribution >= 0.6 is 0 Å². The molecule has 6 nitrogen and oxygen atoms in total. The Hall–Kier alpha value is -1.59. The molecule has 0 spiro atoms. The summed E-state index contributed by atoms with van der Waals surface area (Å²) in [7, 11) is 0. The van der Waals surface area contributed by atoms with Crippen LogP contribution in [0.4, 0.5) is 0 Å². The van der Waals surface area contributed by atoms with Crippen LogP contribution < -0.4 is 5.73 Å². The zero-order chi connectivity index (χ0) is 14.5. The van der Waals surface area contributed by atoms with Gasteiger partial charge < -0.3 is 15.5 Å². The summed E-state index contributed by atoms with van der Waals surface area (Å²) in [6.07, 6.45) is 4.78. The fourth-order valence-corrected chi connectivity index (χ4v) is 2.88. The number of nitrogens with two attached hydrogens (primary N) is 1. The lowest BCUT2D eigenvalue weighted by atomic mass is 9.96. The molecule has 112 valence electrons. The third-order valence-corrected chi connectivity index (χ3v) is 4.25. The smallest absolute Gasteiger partial charge is 0.242 e.